The molecule has 4 N–H and O–H groups in total. The number of aryl methyl sites for hydroxylation is 3. The van der Waals surface area contributed by atoms with Crippen molar-refractivity contribution in [3.63, 3.8) is 0 Å². The minimum Gasteiger partial charge on any atom is -0.512 e. The second-order valence-corrected chi connectivity index (χ2v) is 9.93. The van der Waals surface area contributed by atoms with E-state index in [2.05, 4.69) is 6.08 Å². The summed E-state index contributed by atoms with van der Waals surface area (Å²) in [6.45, 7) is 7.82. The van der Waals surface area contributed by atoms with Crippen LogP contribution < -0.4 is 0 Å². The first-order chi connectivity index (χ1) is 16.6. The fourth-order valence-corrected chi connectivity index (χ4v) is 4.96. The van der Waals surface area contributed by atoms with Gasteiger partial charge in [-0.25, -0.2) is 0 Å². The molecule has 35 heavy (non-hydrogen) atoms. The predicted octanol–water partition coefficient (Wildman–Crippen LogP) is 6.86. The van der Waals surface area contributed by atoms with Crippen molar-refractivity contribution >= 4 is 0 Å². The van der Waals surface area contributed by atoms with Crippen LogP contribution in [0.25, 0.3) is 0 Å². The molecule has 1 atom stereocenters. The molecule has 3 aromatic carbocycles. The molecule has 1 aliphatic carbocycles. The van der Waals surface area contributed by atoms with E-state index in [1.54, 1.807) is 0 Å². The molecule has 0 saturated carbocycles. The van der Waals surface area contributed by atoms with E-state index in [-0.39, 0.29) is 23.2 Å². The van der Waals surface area contributed by atoms with Gasteiger partial charge in [-0.1, -0.05) is 72.7 Å². The van der Waals surface area contributed by atoms with Gasteiger partial charge in [-0.15, -0.1) is 0 Å². The number of aliphatic hydroxyl groups excluding tert-OH is 1. The number of benzene rings is 3. The highest BCUT2D eigenvalue weighted by Crippen LogP contribution is 2.36. The third-order valence-electron chi connectivity index (χ3n) is 6.89. The molecule has 3 aromatic rings. The Hall–Kier alpha value is -3.66. The molecule has 0 saturated heterocycles. The SMILES string of the molecule is Cc1cc(CC2=C(O)C(C)CC=C2)c(O)c(Cc2cc(C)cc(Cc3cccc(C)c3O)c2O)c1. The van der Waals surface area contributed by atoms with E-state index in [0.29, 0.717) is 25.0 Å². The second kappa shape index (κ2) is 9.91. The van der Waals surface area contributed by atoms with Crippen molar-refractivity contribution in [3.8, 4) is 17.2 Å². The van der Waals surface area contributed by atoms with Crippen LogP contribution in [0.2, 0.25) is 0 Å². The minimum atomic E-state index is 0.0805. The van der Waals surface area contributed by atoms with Gasteiger partial charge in [0, 0.05) is 25.2 Å². The van der Waals surface area contributed by atoms with E-state index < -0.39 is 0 Å². The van der Waals surface area contributed by atoms with Crippen molar-refractivity contribution in [1.82, 2.24) is 0 Å². The monoisotopic (exact) mass is 470 g/mol. The molecular weight excluding hydrogens is 436 g/mol. The van der Waals surface area contributed by atoms with Crippen LogP contribution in [0.15, 0.2) is 65.9 Å². The lowest BCUT2D eigenvalue weighted by molar-refractivity contribution is 0.331. The summed E-state index contributed by atoms with van der Waals surface area (Å²) in [5.41, 5.74) is 7.37. The third kappa shape index (κ3) is 5.22. The van der Waals surface area contributed by atoms with Gasteiger partial charge in [0.2, 0.25) is 0 Å². The highest BCUT2D eigenvalue weighted by atomic mass is 16.3. The van der Waals surface area contributed by atoms with Crippen LogP contribution in [0.3, 0.4) is 0 Å². The Morgan fingerprint density at radius 2 is 1.20 bits per heavy atom. The molecule has 1 aliphatic rings. The van der Waals surface area contributed by atoms with E-state index in [1.807, 2.05) is 76.2 Å². The van der Waals surface area contributed by atoms with E-state index in [9.17, 15) is 20.4 Å². The molecule has 4 rings (SSSR count). The average molecular weight is 471 g/mol. The molecule has 1 unspecified atom stereocenters. The number of phenolic OH excluding ortho intramolecular Hbond substituents is 3. The number of aliphatic hydroxyl groups is 1. The van der Waals surface area contributed by atoms with E-state index >= 15 is 0 Å². The Morgan fingerprint density at radius 3 is 1.77 bits per heavy atom. The van der Waals surface area contributed by atoms with Gasteiger partial charge in [-0.05, 0) is 66.1 Å². The zero-order valence-electron chi connectivity index (χ0n) is 20.9. The predicted molar refractivity (Wildman–Crippen MR) is 140 cm³/mol. The summed E-state index contributed by atoms with van der Waals surface area (Å²) in [6.07, 6.45) is 6.05. The maximum Gasteiger partial charge on any atom is 0.122 e. The molecular formula is C31H34O4. The summed E-state index contributed by atoms with van der Waals surface area (Å²) in [5, 5.41) is 43.2. The first kappa shape index (κ1) is 24.5. The Bertz CT molecular complexity index is 1330. The minimum absolute atomic E-state index is 0.0805. The maximum absolute atomic E-state index is 11.1. The van der Waals surface area contributed by atoms with E-state index in [1.165, 1.54) is 0 Å². The van der Waals surface area contributed by atoms with Gasteiger partial charge in [0.25, 0.3) is 0 Å². The zero-order chi connectivity index (χ0) is 25.3. The lowest BCUT2D eigenvalue weighted by Crippen LogP contribution is -2.07. The van der Waals surface area contributed by atoms with Gasteiger partial charge in [0.05, 0.1) is 5.76 Å². The number of aromatic hydroxyl groups is 3. The second-order valence-electron chi connectivity index (χ2n) is 9.93. The van der Waals surface area contributed by atoms with Gasteiger partial charge in [-0.2, -0.15) is 0 Å². The van der Waals surface area contributed by atoms with Gasteiger partial charge in [0.15, 0.2) is 0 Å². The Labute approximate surface area is 207 Å². The lowest BCUT2D eigenvalue weighted by Gasteiger charge is -2.19. The normalized spacial score (nSPS) is 15.6. The lowest BCUT2D eigenvalue weighted by atomic mass is 9.89. The van der Waals surface area contributed by atoms with Crippen molar-refractivity contribution in [2.24, 2.45) is 5.92 Å². The Morgan fingerprint density at radius 1 is 0.686 bits per heavy atom. The molecule has 182 valence electrons. The highest BCUT2D eigenvalue weighted by Gasteiger charge is 2.19. The molecule has 0 bridgehead atoms. The summed E-state index contributed by atoms with van der Waals surface area (Å²) in [6, 6.07) is 13.4. The molecule has 0 fully saturated rings. The van der Waals surface area contributed by atoms with Crippen LogP contribution in [-0.2, 0) is 19.3 Å². The molecule has 0 spiro atoms. The largest absolute Gasteiger partial charge is 0.512 e. The number of rotatable bonds is 6. The first-order valence-corrected chi connectivity index (χ1v) is 12.1. The van der Waals surface area contributed by atoms with Crippen LogP contribution in [0.1, 0.15) is 57.9 Å². The van der Waals surface area contributed by atoms with Crippen molar-refractivity contribution in [1.29, 1.82) is 0 Å². The fourth-order valence-electron chi connectivity index (χ4n) is 4.96. The molecule has 0 aromatic heterocycles. The molecule has 0 amide bonds. The van der Waals surface area contributed by atoms with Crippen molar-refractivity contribution in [2.45, 2.75) is 53.4 Å². The Kier molecular flexibility index (Phi) is 6.93. The quantitative estimate of drug-likeness (QED) is 0.317. The number of allylic oxidation sites excluding steroid dienone is 4. The summed E-state index contributed by atoms with van der Waals surface area (Å²) in [7, 11) is 0. The number of hydrogen-bond donors (Lipinski definition) is 4. The van der Waals surface area contributed by atoms with Gasteiger partial charge >= 0.3 is 0 Å². The summed E-state index contributed by atoms with van der Waals surface area (Å²) >= 11 is 0. The molecule has 0 heterocycles. The third-order valence-corrected chi connectivity index (χ3v) is 6.89. The van der Waals surface area contributed by atoms with Gasteiger partial charge < -0.3 is 20.4 Å². The fraction of sp³-hybridized carbons (Fsp3) is 0.290. The standard InChI is InChI=1S/C31H34O4/c1-18-11-24(15-22-9-5-7-20(3)28(22)32)30(34)26(13-18)17-27-14-19(2)12-25(31(27)35)16-23-10-6-8-21(4)29(23)33/h5-7,9-14,21,32-35H,8,15-17H2,1-4H3. The Balaban J connectivity index is 1.67. The number of para-hydroxylation sites is 1. The van der Waals surface area contributed by atoms with Crippen molar-refractivity contribution in [3.05, 3.63) is 110 Å². The first-order valence-electron chi connectivity index (χ1n) is 12.1. The molecule has 4 nitrogen and oxygen atoms in total. The number of phenols is 3. The summed E-state index contributed by atoms with van der Waals surface area (Å²) < 4.78 is 0. The number of hydrogen-bond acceptors (Lipinski definition) is 4. The van der Waals surface area contributed by atoms with E-state index in [0.717, 1.165) is 56.5 Å². The molecule has 4 heteroatoms. The van der Waals surface area contributed by atoms with E-state index in [4.69, 9.17) is 0 Å². The van der Waals surface area contributed by atoms with Crippen molar-refractivity contribution < 1.29 is 20.4 Å². The molecule has 0 aliphatic heterocycles. The zero-order valence-corrected chi connectivity index (χ0v) is 20.9. The maximum atomic E-state index is 11.1. The van der Waals surface area contributed by atoms with Gasteiger partial charge in [0.1, 0.15) is 17.2 Å². The topological polar surface area (TPSA) is 80.9 Å². The van der Waals surface area contributed by atoms with Gasteiger partial charge in [-0.3, -0.25) is 0 Å². The van der Waals surface area contributed by atoms with Crippen LogP contribution in [0.5, 0.6) is 17.2 Å². The average Bonchev–Trinajstić information content (AvgIpc) is 2.80. The van der Waals surface area contributed by atoms with Crippen LogP contribution in [0, 0.1) is 26.7 Å². The van der Waals surface area contributed by atoms with Crippen LogP contribution >= 0.6 is 0 Å². The summed E-state index contributed by atoms with van der Waals surface area (Å²) in [5.74, 6) is 1.09. The highest BCUT2D eigenvalue weighted by molar-refractivity contribution is 5.53. The van der Waals surface area contributed by atoms with Crippen LogP contribution in [0.4, 0.5) is 0 Å². The molecule has 0 radical (unpaired) electrons. The van der Waals surface area contributed by atoms with Crippen molar-refractivity contribution in [2.75, 3.05) is 0 Å². The smallest absolute Gasteiger partial charge is 0.122 e. The summed E-state index contributed by atoms with van der Waals surface area (Å²) in [4.78, 5) is 0. The van der Waals surface area contributed by atoms with Crippen LogP contribution in [-0.4, -0.2) is 20.4 Å².